The summed E-state index contributed by atoms with van der Waals surface area (Å²) in [5, 5.41) is 2.75. The van der Waals surface area contributed by atoms with Crippen LogP contribution in [0.4, 0.5) is 5.82 Å². The molecule has 0 bridgehead atoms. The molecule has 1 aromatic rings. The Bertz CT molecular complexity index is 373. The number of aryl methyl sites for hydroxylation is 1. The number of pyridine rings is 1. The van der Waals surface area contributed by atoms with Crippen LogP contribution in [0.15, 0.2) is 18.3 Å². The van der Waals surface area contributed by atoms with Crippen LogP contribution in [0, 0.1) is 6.92 Å². The average Bonchev–Trinajstić information content (AvgIpc) is 2.28. The Labute approximate surface area is 96.0 Å². The maximum Gasteiger partial charge on any atom is 0.257 e. The van der Waals surface area contributed by atoms with Crippen LogP contribution in [0.25, 0.3) is 0 Å². The van der Waals surface area contributed by atoms with Crippen LogP contribution in [-0.4, -0.2) is 23.6 Å². The summed E-state index contributed by atoms with van der Waals surface area (Å²) in [4.78, 5) is 16.0. The lowest BCUT2D eigenvalue weighted by atomic mass is 10.0. The van der Waals surface area contributed by atoms with Gasteiger partial charge in [-0.25, -0.2) is 4.98 Å². The van der Waals surface area contributed by atoms with Crippen LogP contribution in [0.2, 0.25) is 0 Å². The molecule has 0 aliphatic carbocycles. The summed E-state index contributed by atoms with van der Waals surface area (Å²) in [6.07, 6.45) is 2.28. The maximum atomic E-state index is 11.9. The molecule has 1 amide bonds. The molecule has 1 atom stereocenters. The Balaban J connectivity index is 2.78. The molecule has 0 saturated carbocycles. The van der Waals surface area contributed by atoms with E-state index >= 15 is 0 Å². The minimum atomic E-state index is -0.800. The Morgan fingerprint density at radius 3 is 2.81 bits per heavy atom. The van der Waals surface area contributed by atoms with Crippen molar-refractivity contribution in [3.05, 3.63) is 23.9 Å². The largest absolute Gasteiger partial charge is 0.369 e. The summed E-state index contributed by atoms with van der Waals surface area (Å²) in [5.74, 6) is 0.386. The van der Waals surface area contributed by atoms with Gasteiger partial charge in [-0.1, -0.05) is 6.92 Å². The van der Waals surface area contributed by atoms with Gasteiger partial charge in [0.15, 0.2) is 0 Å². The van der Waals surface area contributed by atoms with E-state index in [4.69, 9.17) is 4.74 Å². The number of hydrogen-bond acceptors (Lipinski definition) is 3. The second kappa shape index (κ2) is 5.07. The molecule has 0 aliphatic heterocycles. The van der Waals surface area contributed by atoms with Crippen molar-refractivity contribution in [2.75, 3.05) is 12.4 Å². The second-order valence-corrected chi connectivity index (χ2v) is 3.96. The van der Waals surface area contributed by atoms with Crippen molar-refractivity contribution in [1.29, 1.82) is 0 Å². The van der Waals surface area contributed by atoms with E-state index in [1.807, 2.05) is 26.0 Å². The lowest BCUT2D eigenvalue weighted by molar-refractivity contribution is -0.136. The molecule has 88 valence electrons. The van der Waals surface area contributed by atoms with E-state index in [0.29, 0.717) is 12.2 Å². The van der Waals surface area contributed by atoms with Crippen LogP contribution < -0.4 is 5.32 Å². The third-order valence-electron chi connectivity index (χ3n) is 2.76. The molecular weight excluding hydrogens is 204 g/mol. The quantitative estimate of drug-likeness (QED) is 0.849. The molecule has 4 nitrogen and oxygen atoms in total. The number of methoxy groups -OCH3 is 1. The fourth-order valence-corrected chi connectivity index (χ4v) is 1.25. The number of hydrogen-bond donors (Lipinski definition) is 1. The molecule has 0 radical (unpaired) electrons. The molecule has 4 heteroatoms. The highest BCUT2D eigenvalue weighted by atomic mass is 16.5. The van der Waals surface area contributed by atoms with Crippen molar-refractivity contribution in [3.8, 4) is 0 Å². The molecule has 0 fully saturated rings. The summed E-state index contributed by atoms with van der Waals surface area (Å²) in [5.41, 5.74) is 0.256. The molecular formula is C12H18N2O2. The number of carbonyl (C=O) groups is 1. The Morgan fingerprint density at radius 2 is 2.31 bits per heavy atom. The van der Waals surface area contributed by atoms with Gasteiger partial charge in [0.2, 0.25) is 0 Å². The molecule has 0 saturated heterocycles. The summed E-state index contributed by atoms with van der Waals surface area (Å²) >= 11 is 0. The maximum absolute atomic E-state index is 11.9. The molecule has 0 aromatic carbocycles. The predicted molar refractivity (Wildman–Crippen MR) is 63.3 cm³/mol. The summed E-state index contributed by atoms with van der Waals surface area (Å²) < 4.78 is 5.21. The first-order chi connectivity index (χ1) is 7.51. The molecule has 16 heavy (non-hydrogen) atoms. The Morgan fingerprint density at radius 1 is 1.62 bits per heavy atom. The first-order valence-electron chi connectivity index (χ1n) is 5.31. The molecule has 1 heterocycles. The number of rotatable bonds is 4. The van der Waals surface area contributed by atoms with Crippen LogP contribution in [0.1, 0.15) is 25.8 Å². The van der Waals surface area contributed by atoms with Gasteiger partial charge >= 0.3 is 0 Å². The number of aromatic nitrogens is 1. The predicted octanol–water partition coefficient (Wildman–Crippen LogP) is 2.14. The Kier molecular flexibility index (Phi) is 4.01. The van der Waals surface area contributed by atoms with Crippen LogP contribution in [0.5, 0.6) is 0 Å². The third kappa shape index (κ3) is 2.79. The SMILES string of the molecule is CCC(C)(OC)C(=O)Nc1cc(C)ccn1. The van der Waals surface area contributed by atoms with Gasteiger partial charge in [-0.2, -0.15) is 0 Å². The smallest absolute Gasteiger partial charge is 0.257 e. The zero-order valence-electron chi connectivity index (χ0n) is 10.2. The number of carbonyl (C=O) groups excluding carboxylic acids is 1. The van der Waals surface area contributed by atoms with Gasteiger partial charge in [0.1, 0.15) is 11.4 Å². The number of nitrogens with one attached hydrogen (secondary N) is 1. The first-order valence-corrected chi connectivity index (χ1v) is 5.31. The van der Waals surface area contributed by atoms with E-state index in [2.05, 4.69) is 10.3 Å². The zero-order valence-corrected chi connectivity index (χ0v) is 10.2. The molecule has 1 N–H and O–H groups in total. The number of nitrogens with zero attached hydrogens (tertiary/aromatic N) is 1. The van der Waals surface area contributed by atoms with Crippen molar-refractivity contribution in [2.24, 2.45) is 0 Å². The second-order valence-electron chi connectivity index (χ2n) is 3.96. The van der Waals surface area contributed by atoms with Crippen molar-refractivity contribution < 1.29 is 9.53 Å². The molecule has 1 aromatic heterocycles. The molecule has 1 rings (SSSR count). The third-order valence-corrected chi connectivity index (χ3v) is 2.76. The molecule has 0 aliphatic rings. The topological polar surface area (TPSA) is 51.2 Å². The fourth-order valence-electron chi connectivity index (χ4n) is 1.25. The number of ether oxygens (including phenoxy) is 1. The van der Waals surface area contributed by atoms with Gasteiger partial charge in [-0.05, 0) is 38.0 Å². The highest BCUT2D eigenvalue weighted by Crippen LogP contribution is 2.16. The highest BCUT2D eigenvalue weighted by molar-refractivity contribution is 5.96. The van der Waals surface area contributed by atoms with Gasteiger partial charge in [0, 0.05) is 13.3 Å². The summed E-state index contributed by atoms with van der Waals surface area (Å²) in [7, 11) is 1.53. The standard InChI is InChI=1S/C12H18N2O2/c1-5-12(3,16-4)11(15)14-10-8-9(2)6-7-13-10/h6-8H,5H2,1-4H3,(H,13,14,15). The zero-order chi connectivity index (χ0) is 12.2. The minimum Gasteiger partial charge on any atom is -0.369 e. The van der Waals surface area contributed by atoms with Crippen molar-refractivity contribution in [3.63, 3.8) is 0 Å². The number of amides is 1. The lowest BCUT2D eigenvalue weighted by Crippen LogP contribution is -2.41. The van der Waals surface area contributed by atoms with Gasteiger partial charge in [-0.15, -0.1) is 0 Å². The average molecular weight is 222 g/mol. The minimum absolute atomic E-state index is 0.171. The molecule has 0 spiro atoms. The van der Waals surface area contributed by atoms with E-state index < -0.39 is 5.60 Å². The molecule has 1 unspecified atom stereocenters. The van der Waals surface area contributed by atoms with Gasteiger partial charge in [0.25, 0.3) is 5.91 Å². The van der Waals surface area contributed by atoms with Gasteiger partial charge < -0.3 is 10.1 Å². The van der Waals surface area contributed by atoms with Crippen molar-refractivity contribution in [1.82, 2.24) is 4.98 Å². The fraction of sp³-hybridized carbons (Fsp3) is 0.500. The van der Waals surface area contributed by atoms with Crippen molar-refractivity contribution in [2.45, 2.75) is 32.8 Å². The monoisotopic (exact) mass is 222 g/mol. The lowest BCUT2D eigenvalue weighted by Gasteiger charge is -2.24. The van der Waals surface area contributed by atoms with Crippen molar-refractivity contribution >= 4 is 11.7 Å². The van der Waals surface area contributed by atoms with Crippen LogP contribution >= 0.6 is 0 Å². The van der Waals surface area contributed by atoms with Crippen LogP contribution in [0.3, 0.4) is 0 Å². The van der Waals surface area contributed by atoms with Gasteiger partial charge in [-0.3, -0.25) is 4.79 Å². The first kappa shape index (κ1) is 12.6. The van der Waals surface area contributed by atoms with Crippen LogP contribution in [-0.2, 0) is 9.53 Å². The van der Waals surface area contributed by atoms with E-state index in [-0.39, 0.29) is 5.91 Å². The summed E-state index contributed by atoms with van der Waals surface area (Å²) in [6.45, 7) is 5.62. The highest BCUT2D eigenvalue weighted by Gasteiger charge is 2.31. The van der Waals surface area contributed by atoms with E-state index in [0.717, 1.165) is 5.56 Å². The van der Waals surface area contributed by atoms with E-state index in [1.165, 1.54) is 7.11 Å². The van der Waals surface area contributed by atoms with E-state index in [9.17, 15) is 4.79 Å². The Hall–Kier alpha value is -1.42. The van der Waals surface area contributed by atoms with Gasteiger partial charge in [0.05, 0.1) is 0 Å². The van der Waals surface area contributed by atoms with E-state index in [1.54, 1.807) is 13.1 Å². The summed E-state index contributed by atoms with van der Waals surface area (Å²) in [6, 6.07) is 3.70. The number of anilines is 1. The normalized spacial score (nSPS) is 14.2.